The van der Waals surface area contributed by atoms with E-state index in [9.17, 15) is 24.5 Å². The molecular formula is C20H21N3O5. The van der Waals surface area contributed by atoms with E-state index in [-0.39, 0.29) is 41.2 Å². The number of nitro groups is 1. The number of nitro benzene ring substituents is 1. The van der Waals surface area contributed by atoms with Crippen molar-refractivity contribution in [2.75, 3.05) is 5.32 Å². The second-order valence-electron chi connectivity index (χ2n) is 7.61. The van der Waals surface area contributed by atoms with E-state index in [4.69, 9.17) is 0 Å². The Kier molecular flexibility index (Phi) is 4.49. The number of hydrogen-bond donors (Lipinski definition) is 1. The molecule has 1 N–H and O–H groups in total. The first-order chi connectivity index (χ1) is 13.4. The number of anilines is 1. The molecule has 8 nitrogen and oxygen atoms in total. The summed E-state index contributed by atoms with van der Waals surface area (Å²) in [5.74, 6) is -1.51. The van der Waals surface area contributed by atoms with Crippen LogP contribution in [-0.4, -0.2) is 33.6 Å². The van der Waals surface area contributed by atoms with E-state index in [0.717, 1.165) is 17.7 Å². The summed E-state index contributed by atoms with van der Waals surface area (Å²) >= 11 is 0. The Morgan fingerprint density at radius 2 is 1.68 bits per heavy atom. The number of nitrogens with one attached hydrogen (secondary N) is 1. The fourth-order valence-corrected chi connectivity index (χ4v) is 4.78. The maximum atomic E-state index is 13.0. The molecule has 1 aromatic carbocycles. The number of hydrogen-bond acceptors (Lipinski definition) is 5. The second-order valence-corrected chi connectivity index (χ2v) is 7.61. The summed E-state index contributed by atoms with van der Waals surface area (Å²) in [4.78, 5) is 50.3. The van der Waals surface area contributed by atoms with Crippen molar-refractivity contribution in [2.45, 2.75) is 32.2 Å². The lowest BCUT2D eigenvalue weighted by Gasteiger charge is -2.38. The molecule has 28 heavy (non-hydrogen) atoms. The maximum absolute atomic E-state index is 13.0. The Bertz CT molecular complexity index is 846. The topological polar surface area (TPSA) is 110 Å². The number of fused-ring (bicyclic) bond motifs is 1. The molecule has 1 saturated carbocycles. The van der Waals surface area contributed by atoms with Crippen LogP contribution in [0.25, 0.3) is 0 Å². The van der Waals surface area contributed by atoms with Gasteiger partial charge in [-0.15, -0.1) is 0 Å². The first-order valence-corrected chi connectivity index (χ1v) is 9.53. The van der Waals surface area contributed by atoms with Gasteiger partial charge >= 0.3 is 0 Å². The lowest BCUT2D eigenvalue weighted by atomic mass is 9.63. The summed E-state index contributed by atoms with van der Waals surface area (Å²) < 4.78 is 0. The normalized spacial score (nSPS) is 29.0. The molecule has 5 rings (SSSR count). The van der Waals surface area contributed by atoms with E-state index in [0.29, 0.717) is 12.1 Å². The Balaban J connectivity index is 1.53. The molecule has 146 valence electrons. The summed E-state index contributed by atoms with van der Waals surface area (Å²) in [6, 6.07) is 4.56. The quantitative estimate of drug-likeness (QED) is 0.364. The minimum atomic E-state index is -0.889. The van der Waals surface area contributed by atoms with Crippen LogP contribution in [0.5, 0.6) is 0 Å². The van der Waals surface area contributed by atoms with Crippen molar-refractivity contribution in [1.29, 1.82) is 0 Å². The van der Waals surface area contributed by atoms with Gasteiger partial charge in [0.2, 0.25) is 17.7 Å². The first-order valence-electron chi connectivity index (χ1n) is 9.53. The van der Waals surface area contributed by atoms with Gasteiger partial charge in [0.1, 0.15) is 6.04 Å². The molecule has 1 aromatic rings. The third-order valence-electron chi connectivity index (χ3n) is 6.14. The van der Waals surface area contributed by atoms with E-state index in [1.807, 2.05) is 12.2 Å². The number of nitrogens with zero attached hydrogens (tertiary/aromatic N) is 2. The van der Waals surface area contributed by atoms with Gasteiger partial charge in [-0.3, -0.25) is 29.4 Å². The number of allylic oxidation sites excluding steroid dienone is 2. The van der Waals surface area contributed by atoms with Crippen molar-refractivity contribution >= 4 is 29.1 Å². The Hall–Kier alpha value is -3.03. The molecule has 1 aliphatic heterocycles. The van der Waals surface area contributed by atoms with Crippen molar-refractivity contribution < 1.29 is 19.3 Å². The van der Waals surface area contributed by atoms with E-state index < -0.39 is 16.9 Å². The van der Waals surface area contributed by atoms with Crippen molar-refractivity contribution in [2.24, 2.45) is 23.7 Å². The molecule has 1 heterocycles. The summed E-state index contributed by atoms with van der Waals surface area (Å²) in [5.41, 5.74) is 0.300. The molecule has 3 amide bonds. The molecule has 8 heteroatoms. The Labute approximate surface area is 161 Å². The van der Waals surface area contributed by atoms with Gasteiger partial charge in [-0.25, -0.2) is 0 Å². The molecule has 4 aliphatic rings. The zero-order valence-electron chi connectivity index (χ0n) is 15.4. The van der Waals surface area contributed by atoms with Gasteiger partial charge < -0.3 is 5.32 Å². The average Bonchev–Trinajstić information content (AvgIpc) is 2.97. The lowest BCUT2D eigenvalue weighted by Crippen LogP contribution is -2.47. The van der Waals surface area contributed by atoms with Gasteiger partial charge in [0, 0.05) is 17.8 Å². The van der Waals surface area contributed by atoms with Crippen molar-refractivity contribution in [3.05, 3.63) is 46.5 Å². The first kappa shape index (κ1) is 18.3. The highest BCUT2D eigenvalue weighted by atomic mass is 16.6. The number of carbonyl (C=O) groups is 3. The standard InChI is InChI=1S/C20H21N3O5/c1-2-15(18(24)21-13-7-9-14(10-8-13)23(27)28)22-19(25)16-11-3-4-12(6-5-11)17(16)20(22)26/h3-4,7-12,15-17H,2,5-6H2,1H3,(H,21,24)/t11-,12-,15+,16+,17+/m0/s1. The lowest BCUT2D eigenvalue weighted by molar-refractivity contribution is -0.384. The van der Waals surface area contributed by atoms with Crippen LogP contribution in [0.4, 0.5) is 11.4 Å². The minimum Gasteiger partial charge on any atom is -0.324 e. The van der Waals surface area contributed by atoms with Crippen LogP contribution in [0.15, 0.2) is 36.4 Å². The van der Waals surface area contributed by atoms with Gasteiger partial charge in [0.05, 0.1) is 16.8 Å². The van der Waals surface area contributed by atoms with E-state index in [1.54, 1.807) is 6.92 Å². The second kappa shape index (κ2) is 6.85. The maximum Gasteiger partial charge on any atom is 0.269 e. The number of imide groups is 1. The van der Waals surface area contributed by atoms with Gasteiger partial charge in [-0.2, -0.15) is 0 Å². The van der Waals surface area contributed by atoms with Crippen molar-refractivity contribution in [1.82, 2.24) is 4.90 Å². The molecule has 5 atom stereocenters. The van der Waals surface area contributed by atoms with E-state index in [1.165, 1.54) is 24.3 Å². The molecule has 0 radical (unpaired) electrons. The predicted molar refractivity (Wildman–Crippen MR) is 100.0 cm³/mol. The highest BCUT2D eigenvalue weighted by Gasteiger charge is 2.58. The van der Waals surface area contributed by atoms with E-state index in [2.05, 4.69) is 5.32 Å². The van der Waals surface area contributed by atoms with Crippen LogP contribution < -0.4 is 5.32 Å². The zero-order chi connectivity index (χ0) is 20.0. The van der Waals surface area contributed by atoms with Gasteiger partial charge in [-0.1, -0.05) is 19.1 Å². The molecule has 1 saturated heterocycles. The van der Waals surface area contributed by atoms with Gasteiger partial charge in [0.25, 0.3) is 5.69 Å². The summed E-state index contributed by atoms with van der Waals surface area (Å²) in [5, 5.41) is 13.4. The fourth-order valence-electron chi connectivity index (χ4n) is 4.78. The molecule has 0 unspecified atom stereocenters. The third-order valence-corrected chi connectivity index (χ3v) is 6.14. The Morgan fingerprint density at radius 3 is 2.11 bits per heavy atom. The summed E-state index contributed by atoms with van der Waals surface area (Å²) in [6.45, 7) is 1.76. The molecule has 0 spiro atoms. The number of carbonyl (C=O) groups excluding carboxylic acids is 3. The van der Waals surface area contributed by atoms with Crippen LogP contribution in [0.3, 0.4) is 0 Å². The van der Waals surface area contributed by atoms with E-state index >= 15 is 0 Å². The fraction of sp³-hybridized carbons (Fsp3) is 0.450. The van der Waals surface area contributed by atoms with Crippen LogP contribution in [0.2, 0.25) is 0 Å². The number of amides is 3. The minimum absolute atomic E-state index is 0.0756. The number of non-ortho nitro benzene ring substituents is 1. The Morgan fingerprint density at radius 1 is 1.14 bits per heavy atom. The molecule has 3 aliphatic carbocycles. The number of benzene rings is 1. The largest absolute Gasteiger partial charge is 0.324 e. The number of rotatable bonds is 5. The monoisotopic (exact) mass is 383 g/mol. The van der Waals surface area contributed by atoms with Crippen molar-refractivity contribution in [3.63, 3.8) is 0 Å². The van der Waals surface area contributed by atoms with Crippen LogP contribution in [0, 0.1) is 33.8 Å². The molecular weight excluding hydrogens is 362 g/mol. The zero-order valence-corrected chi connectivity index (χ0v) is 15.4. The molecule has 2 fully saturated rings. The van der Waals surface area contributed by atoms with Crippen molar-refractivity contribution in [3.8, 4) is 0 Å². The smallest absolute Gasteiger partial charge is 0.269 e. The average molecular weight is 383 g/mol. The van der Waals surface area contributed by atoms with Gasteiger partial charge in [-0.05, 0) is 43.2 Å². The highest BCUT2D eigenvalue weighted by Crippen LogP contribution is 2.50. The molecule has 0 aromatic heterocycles. The predicted octanol–water partition coefficient (Wildman–Crippen LogP) is 2.51. The number of likely N-dealkylation sites (tertiary alicyclic amines) is 1. The van der Waals surface area contributed by atoms with Crippen LogP contribution in [0.1, 0.15) is 26.2 Å². The molecule has 2 bridgehead atoms. The highest BCUT2D eigenvalue weighted by molar-refractivity contribution is 6.10. The third kappa shape index (κ3) is 2.80. The van der Waals surface area contributed by atoms with Crippen LogP contribution in [-0.2, 0) is 14.4 Å². The summed E-state index contributed by atoms with van der Waals surface area (Å²) in [6.07, 6.45) is 6.20. The van der Waals surface area contributed by atoms with Gasteiger partial charge in [0.15, 0.2) is 0 Å². The summed E-state index contributed by atoms with van der Waals surface area (Å²) in [7, 11) is 0. The SMILES string of the molecule is CC[C@H](C(=O)Nc1ccc([N+](=O)[O-])cc1)N1C(=O)[C@H]2[C@H](C1=O)[C@H]1C=C[C@H]2CC1. The van der Waals surface area contributed by atoms with Crippen LogP contribution >= 0.6 is 0 Å².